The first-order valence-corrected chi connectivity index (χ1v) is 8.80. The molecule has 0 unspecified atom stereocenters. The molecule has 4 rings (SSSR count). The predicted molar refractivity (Wildman–Crippen MR) is 85.1 cm³/mol. The Bertz CT molecular complexity index is 836. The van der Waals surface area contributed by atoms with Gasteiger partial charge in [0.2, 0.25) is 0 Å². The second-order valence-electron chi connectivity index (χ2n) is 5.76. The highest BCUT2D eigenvalue weighted by Crippen LogP contribution is 2.40. The molecule has 0 aliphatic carbocycles. The minimum Gasteiger partial charge on any atom is -0.370 e. The predicted octanol–water partition coefficient (Wildman–Crippen LogP) is 3.30. The molecule has 7 heteroatoms. The molecular formula is C14H16N4OS2. The summed E-state index contributed by atoms with van der Waals surface area (Å²) < 4.78 is 7.93. The average Bonchev–Trinajstić information content (AvgIpc) is 3.01. The molecule has 0 amide bonds. The van der Waals surface area contributed by atoms with Crippen LogP contribution < -0.4 is 0 Å². The van der Waals surface area contributed by atoms with Gasteiger partial charge in [0, 0.05) is 11.3 Å². The Hall–Kier alpha value is -1.18. The fraction of sp³-hybridized carbons (Fsp3) is 0.500. The summed E-state index contributed by atoms with van der Waals surface area (Å²) in [6.07, 6.45) is 2.65. The van der Waals surface area contributed by atoms with Gasteiger partial charge in [0.15, 0.2) is 10.8 Å². The summed E-state index contributed by atoms with van der Waals surface area (Å²) in [5, 5.41) is 10.6. The fourth-order valence-corrected chi connectivity index (χ4v) is 4.61. The van der Waals surface area contributed by atoms with Crippen LogP contribution in [0.15, 0.2) is 11.5 Å². The molecule has 0 aromatic carbocycles. The van der Waals surface area contributed by atoms with Gasteiger partial charge in [0.05, 0.1) is 17.6 Å². The molecule has 0 atom stereocenters. The normalized spacial score (nSPS) is 17.5. The highest BCUT2D eigenvalue weighted by molar-refractivity contribution is 7.99. The molecule has 0 radical (unpaired) electrons. The molecule has 0 saturated heterocycles. The van der Waals surface area contributed by atoms with Crippen LogP contribution in [-0.4, -0.2) is 30.9 Å². The Balaban J connectivity index is 2.04. The summed E-state index contributed by atoms with van der Waals surface area (Å²) in [7, 11) is 0. The fourth-order valence-electron chi connectivity index (χ4n) is 2.77. The van der Waals surface area contributed by atoms with E-state index in [9.17, 15) is 0 Å². The number of ether oxygens (including phenoxy) is 1. The number of hydrogen-bond acceptors (Lipinski definition) is 6. The van der Waals surface area contributed by atoms with Crippen LogP contribution in [0.5, 0.6) is 0 Å². The van der Waals surface area contributed by atoms with Gasteiger partial charge in [-0.25, -0.2) is 4.98 Å². The smallest absolute Gasteiger partial charge is 0.176 e. The topological polar surface area (TPSA) is 52.3 Å². The van der Waals surface area contributed by atoms with Crippen molar-refractivity contribution in [3.63, 3.8) is 0 Å². The summed E-state index contributed by atoms with van der Waals surface area (Å²) in [6, 6.07) is 0. The molecule has 1 aliphatic rings. The molecule has 21 heavy (non-hydrogen) atoms. The van der Waals surface area contributed by atoms with Crippen LogP contribution in [0.4, 0.5) is 0 Å². The molecule has 1 aliphatic heterocycles. The van der Waals surface area contributed by atoms with Crippen molar-refractivity contribution < 1.29 is 4.74 Å². The summed E-state index contributed by atoms with van der Waals surface area (Å²) in [6.45, 7) is 7.06. The molecule has 0 spiro atoms. The number of thiophene rings is 1. The van der Waals surface area contributed by atoms with Crippen molar-refractivity contribution >= 4 is 39.0 Å². The maximum absolute atomic E-state index is 5.93. The van der Waals surface area contributed by atoms with Crippen molar-refractivity contribution in [3.05, 3.63) is 16.8 Å². The SMILES string of the molecule is CCSc1nc2sc3c(c2c2nncn12)CC(C)(C)OC3. The maximum Gasteiger partial charge on any atom is 0.176 e. The first-order chi connectivity index (χ1) is 10.1. The molecule has 3 aromatic heterocycles. The number of fused-ring (bicyclic) bond motifs is 5. The van der Waals surface area contributed by atoms with Crippen LogP contribution >= 0.6 is 23.1 Å². The Kier molecular flexibility index (Phi) is 2.99. The van der Waals surface area contributed by atoms with E-state index in [0.29, 0.717) is 6.61 Å². The second-order valence-corrected chi connectivity index (χ2v) is 8.08. The lowest BCUT2D eigenvalue weighted by molar-refractivity contribution is -0.0379. The van der Waals surface area contributed by atoms with Gasteiger partial charge in [0.1, 0.15) is 11.2 Å². The lowest BCUT2D eigenvalue weighted by atomic mass is 9.94. The Morgan fingerprint density at radius 3 is 3.14 bits per heavy atom. The molecule has 4 heterocycles. The van der Waals surface area contributed by atoms with Crippen LogP contribution in [0.2, 0.25) is 0 Å². The van der Waals surface area contributed by atoms with Gasteiger partial charge in [-0.05, 0) is 25.2 Å². The van der Waals surface area contributed by atoms with E-state index in [-0.39, 0.29) is 5.60 Å². The summed E-state index contributed by atoms with van der Waals surface area (Å²) in [4.78, 5) is 7.16. The van der Waals surface area contributed by atoms with Gasteiger partial charge in [-0.2, -0.15) is 0 Å². The van der Waals surface area contributed by atoms with E-state index in [1.165, 1.54) is 10.4 Å². The number of hydrogen-bond donors (Lipinski definition) is 0. The third kappa shape index (κ3) is 2.06. The summed E-state index contributed by atoms with van der Waals surface area (Å²) in [5.74, 6) is 0.979. The zero-order valence-corrected chi connectivity index (χ0v) is 13.8. The molecular weight excluding hydrogens is 304 g/mol. The molecule has 0 N–H and O–H groups in total. The minimum atomic E-state index is -0.130. The lowest BCUT2D eigenvalue weighted by Crippen LogP contribution is -2.31. The van der Waals surface area contributed by atoms with Gasteiger partial charge >= 0.3 is 0 Å². The van der Waals surface area contributed by atoms with Gasteiger partial charge < -0.3 is 4.74 Å². The van der Waals surface area contributed by atoms with Crippen LogP contribution in [0.1, 0.15) is 31.2 Å². The van der Waals surface area contributed by atoms with Crippen molar-refractivity contribution in [2.24, 2.45) is 0 Å². The van der Waals surface area contributed by atoms with Gasteiger partial charge in [-0.15, -0.1) is 21.5 Å². The Labute approximate surface area is 130 Å². The number of thioether (sulfide) groups is 1. The van der Waals surface area contributed by atoms with Gasteiger partial charge in [0.25, 0.3) is 0 Å². The van der Waals surface area contributed by atoms with Crippen molar-refractivity contribution in [1.82, 2.24) is 19.6 Å². The molecule has 0 saturated carbocycles. The van der Waals surface area contributed by atoms with Crippen molar-refractivity contribution in [2.45, 2.75) is 44.6 Å². The van der Waals surface area contributed by atoms with Gasteiger partial charge in [-0.1, -0.05) is 18.7 Å². The molecule has 110 valence electrons. The van der Waals surface area contributed by atoms with E-state index in [0.717, 1.165) is 33.2 Å². The first kappa shape index (κ1) is 13.5. The second kappa shape index (κ2) is 4.66. The van der Waals surface area contributed by atoms with E-state index < -0.39 is 0 Å². The molecule has 5 nitrogen and oxygen atoms in total. The standard InChI is InChI=1S/C14H16N4OS2/c1-4-20-13-16-12-10(11-17-15-7-18(11)13)8-5-14(2,3)19-6-9(8)21-12/h7H,4-6H2,1-3H3. The van der Waals surface area contributed by atoms with Crippen LogP contribution in [0, 0.1) is 0 Å². The molecule has 0 fully saturated rings. The van der Waals surface area contributed by atoms with Crippen LogP contribution in [0.25, 0.3) is 15.9 Å². The highest BCUT2D eigenvalue weighted by Gasteiger charge is 2.31. The maximum atomic E-state index is 5.93. The van der Waals surface area contributed by atoms with Crippen molar-refractivity contribution in [3.8, 4) is 0 Å². The quantitative estimate of drug-likeness (QED) is 0.535. The van der Waals surface area contributed by atoms with Crippen molar-refractivity contribution in [1.29, 1.82) is 0 Å². The van der Waals surface area contributed by atoms with E-state index in [1.54, 1.807) is 29.4 Å². The number of nitrogens with zero attached hydrogens (tertiary/aromatic N) is 4. The molecule has 3 aromatic rings. The zero-order valence-electron chi connectivity index (χ0n) is 12.2. The van der Waals surface area contributed by atoms with E-state index in [4.69, 9.17) is 9.72 Å². The van der Waals surface area contributed by atoms with E-state index in [2.05, 4.69) is 31.0 Å². The summed E-state index contributed by atoms with van der Waals surface area (Å²) in [5.41, 5.74) is 2.13. The zero-order chi connectivity index (χ0) is 14.6. The van der Waals surface area contributed by atoms with Crippen molar-refractivity contribution in [2.75, 3.05) is 5.75 Å². The van der Waals surface area contributed by atoms with Gasteiger partial charge in [-0.3, -0.25) is 4.40 Å². The summed E-state index contributed by atoms with van der Waals surface area (Å²) >= 11 is 3.45. The number of rotatable bonds is 2. The Morgan fingerprint density at radius 1 is 1.48 bits per heavy atom. The third-order valence-electron chi connectivity index (χ3n) is 3.72. The van der Waals surface area contributed by atoms with E-state index >= 15 is 0 Å². The monoisotopic (exact) mass is 320 g/mol. The number of aromatic nitrogens is 4. The largest absolute Gasteiger partial charge is 0.370 e. The van der Waals surface area contributed by atoms with Crippen LogP contribution in [-0.2, 0) is 17.8 Å². The highest BCUT2D eigenvalue weighted by atomic mass is 32.2. The average molecular weight is 320 g/mol. The minimum absolute atomic E-state index is 0.130. The molecule has 0 bridgehead atoms. The lowest BCUT2D eigenvalue weighted by Gasteiger charge is -2.30. The Morgan fingerprint density at radius 2 is 2.33 bits per heavy atom. The third-order valence-corrected chi connectivity index (χ3v) is 5.65. The van der Waals surface area contributed by atoms with E-state index in [1.807, 2.05) is 4.40 Å². The van der Waals surface area contributed by atoms with Crippen LogP contribution in [0.3, 0.4) is 0 Å². The first-order valence-electron chi connectivity index (χ1n) is 7.00.